The van der Waals surface area contributed by atoms with Crippen LogP contribution in [0.4, 0.5) is 5.95 Å². The van der Waals surface area contributed by atoms with E-state index in [0.29, 0.717) is 18.2 Å². The van der Waals surface area contributed by atoms with E-state index in [4.69, 9.17) is 9.84 Å². The van der Waals surface area contributed by atoms with Gasteiger partial charge in [-0.25, -0.2) is 14.8 Å². The molecule has 6 heteroatoms. The first kappa shape index (κ1) is 14.7. The van der Waals surface area contributed by atoms with Crippen LogP contribution in [0.1, 0.15) is 43.2 Å². The summed E-state index contributed by atoms with van der Waals surface area (Å²) in [7, 11) is 0. The first-order valence-electron chi connectivity index (χ1n) is 6.81. The van der Waals surface area contributed by atoms with Crippen LogP contribution in [0, 0.1) is 12.3 Å². The topological polar surface area (TPSA) is 84.3 Å². The molecule has 1 aliphatic rings. The molecule has 0 aromatic carbocycles. The van der Waals surface area contributed by atoms with Crippen molar-refractivity contribution in [2.75, 3.05) is 11.9 Å². The molecular formula is C14H21N3O3. The molecule has 6 nitrogen and oxygen atoms in total. The van der Waals surface area contributed by atoms with Gasteiger partial charge in [-0.2, -0.15) is 0 Å². The fourth-order valence-corrected chi connectivity index (χ4v) is 2.52. The molecule has 2 atom stereocenters. The number of rotatable bonds is 5. The predicted molar refractivity (Wildman–Crippen MR) is 75.0 cm³/mol. The number of hydrogen-bond donors (Lipinski definition) is 2. The summed E-state index contributed by atoms with van der Waals surface area (Å²) < 4.78 is 5.68. The minimum Gasteiger partial charge on any atom is -0.478 e. The van der Waals surface area contributed by atoms with E-state index in [0.717, 1.165) is 6.42 Å². The molecule has 2 N–H and O–H groups in total. The highest BCUT2D eigenvalue weighted by Crippen LogP contribution is 2.43. The van der Waals surface area contributed by atoms with Crippen molar-refractivity contribution in [2.24, 2.45) is 5.41 Å². The normalized spacial score (nSPS) is 24.0. The zero-order valence-electron chi connectivity index (χ0n) is 12.3. The Hall–Kier alpha value is -1.69. The van der Waals surface area contributed by atoms with Crippen LogP contribution >= 0.6 is 0 Å². The highest BCUT2D eigenvalue weighted by Gasteiger charge is 2.49. The highest BCUT2D eigenvalue weighted by atomic mass is 16.5. The van der Waals surface area contributed by atoms with Crippen LogP contribution in [0.3, 0.4) is 0 Å². The van der Waals surface area contributed by atoms with E-state index in [9.17, 15) is 4.79 Å². The number of aryl methyl sites for hydroxylation is 1. The Morgan fingerprint density at radius 1 is 1.60 bits per heavy atom. The Labute approximate surface area is 118 Å². The summed E-state index contributed by atoms with van der Waals surface area (Å²) in [6.45, 7) is 8.67. The van der Waals surface area contributed by atoms with Gasteiger partial charge in [-0.15, -0.1) is 0 Å². The maximum Gasteiger partial charge on any atom is 0.339 e. The molecule has 0 bridgehead atoms. The van der Waals surface area contributed by atoms with Crippen molar-refractivity contribution in [3.63, 3.8) is 0 Å². The molecule has 2 rings (SSSR count). The first-order valence-corrected chi connectivity index (χ1v) is 6.81. The highest BCUT2D eigenvalue weighted by molar-refractivity contribution is 5.88. The zero-order valence-corrected chi connectivity index (χ0v) is 12.3. The van der Waals surface area contributed by atoms with E-state index in [2.05, 4.69) is 29.1 Å². The third-order valence-corrected chi connectivity index (χ3v) is 4.06. The summed E-state index contributed by atoms with van der Waals surface area (Å²) in [6.07, 6.45) is 2.49. The van der Waals surface area contributed by atoms with Crippen molar-refractivity contribution in [2.45, 2.75) is 46.3 Å². The van der Waals surface area contributed by atoms with E-state index >= 15 is 0 Å². The van der Waals surface area contributed by atoms with Gasteiger partial charge < -0.3 is 15.2 Å². The third kappa shape index (κ3) is 2.60. The molecule has 1 saturated carbocycles. The predicted octanol–water partition coefficient (Wildman–Crippen LogP) is 2.10. The molecule has 0 amide bonds. The summed E-state index contributed by atoms with van der Waals surface area (Å²) in [6, 6.07) is 0.231. The van der Waals surface area contributed by atoms with Gasteiger partial charge in [0.15, 0.2) is 0 Å². The van der Waals surface area contributed by atoms with Crippen LogP contribution < -0.4 is 5.32 Å². The number of ether oxygens (including phenoxy) is 1. The number of carboxylic acid groups (broad SMARTS) is 1. The fourth-order valence-electron chi connectivity index (χ4n) is 2.52. The van der Waals surface area contributed by atoms with Gasteiger partial charge in [0.2, 0.25) is 5.95 Å². The van der Waals surface area contributed by atoms with Gasteiger partial charge in [0, 0.05) is 24.3 Å². The second-order valence-electron chi connectivity index (χ2n) is 5.70. The first-order chi connectivity index (χ1) is 9.36. The Morgan fingerprint density at radius 3 is 2.80 bits per heavy atom. The Morgan fingerprint density at radius 2 is 2.30 bits per heavy atom. The van der Waals surface area contributed by atoms with Gasteiger partial charge in [-0.1, -0.05) is 13.8 Å². The second-order valence-corrected chi connectivity index (χ2v) is 5.70. The van der Waals surface area contributed by atoms with Crippen molar-refractivity contribution in [3.8, 4) is 0 Å². The maximum atomic E-state index is 10.9. The molecule has 0 spiro atoms. The SMILES string of the molecule is CCOC1CC(Nc2ncc(C(=O)O)c(C)n2)C1(C)C. The van der Waals surface area contributed by atoms with Crippen LogP contribution in [0.25, 0.3) is 0 Å². The lowest BCUT2D eigenvalue weighted by atomic mass is 9.64. The summed E-state index contributed by atoms with van der Waals surface area (Å²) in [5.41, 5.74) is 0.614. The Kier molecular flexibility index (Phi) is 3.94. The average molecular weight is 279 g/mol. The lowest BCUT2D eigenvalue weighted by Gasteiger charge is -2.51. The molecular weight excluding hydrogens is 258 g/mol. The van der Waals surface area contributed by atoms with E-state index in [1.54, 1.807) is 6.92 Å². The summed E-state index contributed by atoms with van der Waals surface area (Å²) >= 11 is 0. The van der Waals surface area contributed by atoms with Crippen LogP contribution in [0.2, 0.25) is 0 Å². The van der Waals surface area contributed by atoms with Crippen molar-refractivity contribution < 1.29 is 14.6 Å². The Bertz CT molecular complexity index is 516. The van der Waals surface area contributed by atoms with Crippen LogP contribution in [0.5, 0.6) is 0 Å². The number of aromatic nitrogens is 2. The van der Waals surface area contributed by atoms with E-state index in [-0.39, 0.29) is 23.1 Å². The summed E-state index contributed by atoms with van der Waals surface area (Å²) in [5, 5.41) is 12.2. The van der Waals surface area contributed by atoms with Gasteiger partial charge >= 0.3 is 5.97 Å². The second kappa shape index (κ2) is 5.36. The van der Waals surface area contributed by atoms with Gasteiger partial charge in [-0.05, 0) is 20.3 Å². The van der Waals surface area contributed by atoms with Gasteiger partial charge in [-0.3, -0.25) is 0 Å². The number of hydrogen-bond acceptors (Lipinski definition) is 5. The lowest BCUT2D eigenvalue weighted by Crippen LogP contribution is -2.58. The van der Waals surface area contributed by atoms with Crippen LogP contribution in [-0.2, 0) is 4.74 Å². The van der Waals surface area contributed by atoms with Gasteiger partial charge in [0.1, 0.15) is 0 Å². The van der Waals surface area contributed by atoms with Gasteiger partial charge in [0.05, 0.1) is 17.4 Å². The number of nitrogens with one attached hydrogen (secondary N) is 1. The van der Waals surface area contributed by atoms with Crippen molar-refractivity contribution in [1.29, 1.82) is 0 Å². The smallest absolute Gasteiger partial charge is 0.339 e. The fraction of sp³-hybridized carbons (Fsp3) is 0.643. The standard InChI is InChI=1S/C14H21N3O3/c1-5-20-11-6-10(14(11,3)4)17-13-15-7-9(12(18)19)8(2)16-13/h7,10-11H,5-6H2,1-4H3,(H,18,19)(H,15,16,17). The molecule has 1 aromatic heterocycles. The lowest BCUT2D eigenvalue weighted by molar-refractivity contribution is -0.0977. The molecule has 1 fully saturated rings. The number of carboxylic acids is 1. The van der Waals surface area contributed by atoms with Crippen molar-refractivity contribution >= 4 is 11.9 Å². The van der Waals surface area contributed by atoms with E-state index in [1.807, 2.05) is 6.92 Å². The third-order valence-electron chi connectivity index (χ3n) is 4.06. The molecule has 110 valence electrons. The van der Waals surface area contributed by atoms with Crippen molar-refractivity contribution in [1.82, 2.24) is 9.97 Å². The van der Waals surface area contributed by atoms with Crippen LogP contribution in [0.15, 0.2) is 6.20 Å². The zero-order chi connectivity index (χ0) is 14.9. The molecule has 0 aliphatic heterocycles. The monoisotopic (exact) mass is 279 g/mol. The molecule has 0 saturated heterocycles. The molecule has 1 aromatic rings. The molecule has 0 radical (unpaired) electrons. The van der Waals surface area contributed by atoms with Gasteiger partial charge in [0.25, 0.3) is 0 Å². The van der Waals surface area contributed by atoms with Crippen molar-refractivity contribution in [3.05, 3.63) is 17.5 Å². The number of anilines is 1. The quantitative estimate of drug-likeness (QED) is 0.858. The molecule has 1 heterocycles. The van der Waals surface area contributed by atoms with Crippen LogP contribution in [-0.4, -0.2) is 39.8 Å². The van der Waals surface area contributed by atoms with E-state index < -0.39 is 5.97 Å². The molecule has 1 aliphatic carbocycles. The average Bonchev–Trinajstić information content (AvgIpc) is 2.37. The maximum absolute atomic E-state index is 10.9. The number of carbonyl (C=O) groups is 1. The molecule has 2 unspecified atom stereocenters. The number of nitrogens with zero attached hydrogens (tertiary/aromatic N) is 2. The largest absolute Gasteiger partial charge is 0.478 e. The van der Waals surface area contributed by atoms with E-state index in [1.165, 1.54) is 6.20 Å². The summed E-state index contributed by atoms with van der Waals surface area (Å²) in [4.78, 5) is 19.2. The number of aromatic carboxylic acids is 1. The molecule has 20 heavy (non-hydrogen) atoms. The Balaban J connectivity index is 2.05. The summed E-state index contributed by atoms with van der Waals surface area (Å²) in [5.74, 6) is -0.532. The minimum absolute atomic E-state index is 0.0126. The minimum atomic E-state index is -1.01.